The minimum Gasteiger partial charge on any atom is -0.510 e. The van der Waals surface area contributed by atoms with Gasteiger partial charge in [-0.05, 0) is 64.9 Å². The van der Waals surface area contributed by atoms with Crippen molar-refractivity contribution in [3.63, 3.8) is 0 Å². The second-order valence-corrected chi connectivity index (χ2v) is 11.1. The van der Waals surface area contributed by atoms with Crippen LogP contribution in [0, 0.1) is 11.8 Å². The van der Waals surface area contributed by atoms with Crippen molar-refractivity contribution >= 4 is 17.5 Å². The number of nitrogens with zero attached hydrogens (tertiary/aromatic N) is 2. The number of primary amides is 1. The Morgan fingerprint density at radius 3 is 2.54 bits per heavy atom. The number of carbonyl (C=O) groups excluding carboxylic acids is 3. The van der Waals surface area contributed by atoms with E-state index < -0.39 is 58.0 Å². The lowest BCUT2D eigenvalue weighted by atomic mass is 9.58. The molecule has 1 unspecified atom stereocenters. The number of likely N-dealkylation sites (tertiary alicyclic amines) is 1. The van der Waals surface area contributed by atoms with Crippen molar-refractivity contribution in [2.75, 3.05) is 34.3 Å². The summed E-state index contributed by atoms with van der Waals surface area (Å²) in [7, 11) is 4.72. The number of aromatic hydroxyl groups is 1. The molecule has 4 aliphatic rings. The van der Waals surface area contributed by atoms with E-state index in [4.69, 9.17) is 10.5 Å². The maximum absolute atomic E-state index is 13.9. The number of rotatable bonds is 5. The maximum atomic E-state index is 13.9. The zero-order valence-corrected chi connectivity index (χ0v) is 22.5. The number of phenols is 1. The first kappa shape index (κ1) is 27.2. The van der Waals surface area contributed by atoms with Gasteiger partial charge in [0.1, 0.15) is 28.6 Å². The van der Waals surface area contributed by atoms with E-state index in [0.29, 0.717) is 11.3 Å². The summed E-state index contributed by atoms with van der Waals surface area (Å²) in [5.74, 6) is -6.18. The molecule has 11 heteroatoms. The van der Waals surface area contributed by atoms with E-state index in [9.17, 15) is 34.8 Å². The molecule has 1 heterocycles. The van der Waals surface area contributed by atoms with Gasteiger partial charge in [0.05, 0.1) is 18.7 Å². The molecule has 1 aliphatic heterocycles. The van der Waals surface area contributed by atoms with Crippen LogP contribution in [0.25, 0.3) is 0 Å². The Kier molecular flexibility index (Phi) is 6.52. The van der Waals surface area contributed by atoms with Gasteiger partial charge in [-0.1, -0.05) is 6.92 Å². The summed E-state index contributed by atoms with van der Waals surface area (Å²) in [6.45, 7) is 3.79. The van der Waals surface area contributed by atoms with Crippen molar-refractivity contribution in [1.29, 1.82) is 0 Å². The van der Waals surface area contributed by atoms with Crippen molar-refractivity contribution in [2.24, 2.45) is 17.6 Å². The number of carbonyl (C=O) groups is 3. The molecule has 6 N–H and O–H groups in total. The Morgan fingerprint density at radius 2 is 1.95 bits per heavy atom. The molecule has 1 aromatic rings. The summed E-state index contributed by atoms with van der Waals surface area (Å²) >= 11 is 0. The van der Waals surface area contributed by atoms with Gasteiger partial charge in [-0.25, -0.2) is 0 Å². The second kappa shape index (κ2) is 9.35. The van der Waals surface area contributed by atoms with Gasteiger partial charge in [0.15, 0.2) is 11.4 Å². The van der Waals surface area contributed by atoms with Gasteiger partial charge in [-0.15, -0.1) is 0 Å². The second-order valence-electron chi connectivity index (χ2n) is 11.1. The number of nitrogens with two attached hydrogens (primary N) is 1. The Bertz CT molecular complexity index is 1350. The number of aliphatic hydroxyl groups excluding tert-OH is 2. The molecule has 3 aliphatic carbocycles. The Morgan fingerprint density at radius 1 is 1.26 bits per heavy atom. The third-order valence-corrected chi connectivity index (χ3v) is 9.03. The molecule has 1 fully saturated rings. The van der Waals surface area contributed by atoms with Crippen molar-refractivity contribution in [1.82, 2.24) is 9.80 Å². The van der Waals surface area contributed by atoms with Crippen LogP contribution in [-0.2, 0) is 16.0 Å². The van der Waals surface area contributed by atoms with Crippen LogP contribution >= 0.6 is 0 Å². The molecular weight excluding hydrogens is 506 g/mol. The zero-order valence-electron chi connectivity index (χ0n) is 22.5. The maximum Gasteiger partial charge on any atom is 0.255 e. The number of hydrogen-bond donors (Lipinski definition) is 5. The van der Waals surface area contributed by atoms with E-state index in [-0.39, 0.29) is 35.8 Å². The van der Waals surface area contributed by atoms with Crippen LogP contribution in [0.2, 0.25) is 0 Å². The Balaban J connectivity index is 1.70. The lowest BCUT2D eigenvalue weighted by molar-refractivity contribution is -0.148. The lowest BCUT2D eigenvalue weighted by Crippen LogP contribution is -2.63. The topological polar surface area (TPSA) is 174 Å². The number of methoxy groups -OCH3 is 1. The van der Waals surface area contributed by atoms with E-state index >= 15 is 0 Å². The number of fused-ring (bicyclic) bond motifs is 3. The first-order chi connectivity index (χ1) is 18.4. The van der Waals surface area contributed by atoms with Crippen LogP contribution in [0.15, 0.2) is 28.7 Å². The van der Waals surface area contributed by atoms with Gasteiger partial charge in [-0.3, -0.25) is 24.2 Å². The number of allylic oxidation sites excluding steroid dienone is 1. The molecule has 0 saturated carbocycles. The zero-order chi connectivity index (χ0) is 28.5. The number of ether oxygens (including phenoxy) is 1. The van der Waals surface area contributed by atoms with Gasteiger partial charge in [0.25, 0.3) is 5.91 Å². The molecule has 39 heavy (non-hydrogen) atoms. The number of phenolic OH excluding ortho intramolecular Hbond substituents is 1. The average Bonchev–Trinajstić information content (AvgIpc) is 3.34. The molecule has 0 aromatic heterocycles. The number of amides is 1. The minimum atomic E-state index is -2.66. The molecule has 1 amide bonds. The molecule has 1 saturated heterocycles. The third-order valence-electron chi connectivity index (χ3n) is 9.03. The highest BCUT2D eigenvalue weighted by atomic mass is 16.5. The van der Waals surface area contributed by atoms with Crippen molar-refractivity contribution < 1.29 is 39.5 Å². The van der Waals surface area contributed by atoms with Gasteiger partial charge < -0.3 is 30.9 Å². The number of benzene rings is 1. The van der Waals surface area contributed by atoms with Crippen molar-refractivity contribution in [3.8, 4) is 11.5 Å². The molecule has 5 atom stereocenters. The monoisotopic (exact) mass is 541 g/mol. The summed E-state index contributed by atoms with van der Waals surface area (Å²) in [5, 5.41) is 45.1. The number of ketones is 2. The van der Waals surface area contributed by atoms with Gasteiger partial charge in [0, 0.05) is 28.7 Å². The average molecular weight is 542 g/mol. The first-order valence-corrected chi connectivity index (χ1v) is 13.2. The van der Waals surface area contributed by atoms with E-state index in [2.05, 4.69) is 11.8 Å². The van der Waals surface area contributed by atoms with E-state index in [1.807, 2.05) is 0 Å². The molecule has 0 bridgehead atoms. The highest BCUT2D eigenvalue weighted by Gasteiger charge is 2.63. The summed E-state index contributed by atoms with van der Waals surface area (Å²) in [4.78, 5) is 43.2. The number of Topliss-reactive ketones (excluding diaryl/α,β-unsaturated/α-hetero) is 2. The summed E-state index contributed by atoms with van der Waals surface area (Å²) in [6.07, 6.45) is 2.09. The fourth-order valence-corrected chi connectivity index (χ4v) is 7.37. The van der Waals surface area contributed by atoms with Crippen LogP contribution in [0.1, 0.15) is 53.7 Å². The van der Waals surface area contributed by atoms with E-state index in [1.165, 1.54) is 18.1 Å². The van der Waals surface area contributed by atoms with Gasteiger partial charge >= 0.3 is 0 Å². The van der Waals surface area contributed by atoms with E-state index in [0.717, 1.165) is 31.5 Å². The van der Waals surface area contributed by atoms with Gasteiger partial charge in [-0.2, -0.15) is 0 Å². The molecular formula is C28H35N3O8. The van der Waals surface area contributed by atoms with Crippen LogP contribution in [0.5, 0.6) is 11.5 Å². The lowest BCUT2D eigenvalue weighted by Gasteiger charge is -2.50. The SMILES string of the molecule is CCN1CCCC1c1cc(O)c2c(c1OC)C[C@H]1C[C@H]3[C@H](N(C)C)C(O)=C(C(N)=O)C(=O)[C@@]3(O)C(O)=C1C2=O. The fourth-order valence-electron chi connectivity index (χ4n) is 7.37. The standard InChI is InChI=1S/C28H35N3O8/c1-5-31-8-6-7-16(31)13-11-17(32)19-14(24(13)39-4)9-12-10-15-21(30(2)3)23(34)20(27(29)37)26(36)28(15,38)25(35)18(12)22(19)33/h11-12,15-16,21,32,34-35,38H,5-10H2,1-4H3,(H2,29,37)/t12-,15-,16?,21-,28-/m0/s1. The van der Waals surface area contributed by atoms with Crippen LogP contribution in [-0.4, -0.2) is 93.6 Å². The number of aliphatic hydroxyl groups is 3. The molecule has 0 spiro atoms. The molecule has 1 aromatic carbocycles. The highest BCUT2D eigenvalue weighted by Crippen LogP contribution is 2.54. The predicted octanol–water partition coefficient (Wildman–Crippen LogP) is 1.29. The predicted molar refractivity (Wildman–Crippen MR) is 139 cm³/mol. The number of likely N-dealkylation sites (N-methyl/N-ethyl adjacent to an activating group) is 1. The van der Waals surface area contributed by atoms with Crippen molar-refractivity contribution in [3.05, 3.63) is 45.4 Å². The van der Waals surface area contributed by atoms with Gasteiger partial charge in [0.2, 0.25) is 5.78 Å². The molecule has 0 radical (unpaired) electrons. The first-order valence-electron chi connectivity index (χ1n) is 13.2. The molecule has 5 rings (SSSR count). The number of hydrogen-bond acceptors (Lipinski definition) is 10. The smallest absolute Gasteiger partial charge is 0.255 e. The summed E-state index contributed by atoms with van der Waals surface area (Å²) < 4.78 is 5.84. The van der Waals surface area contributed by atoms with Crippen molar-refractivity contribution in [2.45, 2.75) is 50.3 Å². The van der Waals surface area contributed by atoms with E-state index in [1.54, 1.807) is 14.1 Å². The largest absolute Gasteiger partial charge is 0.510 e. The van der Waals surface area contributed by atoms with Crippen LogP contribution in [0.4, 0.5) is 0 Å². The highest BCUT2D eigenvalue weighted by molar-refractivity contribution is 6.24. The molecule has 11 nitrogen and oxygen atoms in total. The Hall–Kier alpha value is -3.41. The summed E-state index contributed by atoms with van der Waals surface area (Å²) in [5.41, 5.74) is 2.96. The molecule has 210 valence electrons. The minimum absolute atomic E-state index is 0.0152. The fraction of sp³-hybridized carbons (Fsp3) is 0.536. The normalized spacial score (nSPS) is 30.9. The third kappa shape index (κ3) is 3.63. The van der Waals surface area contributed by atoms with Crippen LogP contribution < -0.4 is 10.5 Å². The quantitative estimate of drug-likeness (QED) is 0.342. The summed E-state index contributed by atoms with van der Waals surface area (Å²) in [6, 6.07) is 0.516. The Labute approximate surface area is 226 Å². The van der Waals surface area contributed by atoms with Crippen LogP contribution in [0.3, 0.4) is 0 Å².